The fourth-order valence-electron chi connectivity index (χ4n) is 3.69. The average Bonchev–Trinajstić information content (AvgIpc) is 3.04. The van der Waals surface area contributed by atoms with Gasteiger partial charge in [-0.2, -0.15) is 0 Å². The topological polar surface area (TPSA) is 78.5 Å². The zero-order chi connectivity index (χ0) is 24.2. The minimum Gasteiger partial charge on any atom is -0.350 e. The van der Waals surface area contributed by atoms with E-state index in [-0.39, 0.29) is 29.4 Å². The van der Waals surface area contributed by atoms with Crippen LogP contribution in [0.3, 0.4) is 0 Å². The van der Waals surface area contributed by atoms with Gasteiger partial charge in [-0.15, -0.1) is 0 Å². The summed E-state index contributed by atoms with van der Waals surface area (Å²) < 4.78 is 27.1. The molecule has 6 nitrogen and oxygen atoms in total. The summed E-state index contributed by atoms with van der Waals surface area (Å²) in [6, 6.07) is 19.0. The molecule has 0 aromatic heterocycles. The van der Waals surface area contributed by atoms with Gasteiger partial charge in [0.05, 0.1) is 5.57 Å². The number of nitrogens with zero attached hydrogens (tertiary/aromatic N) is 1. The van der Waals surface area contributed by atoms with Crippen molar-refractivity contribution in [3.8, 4) is 0 Å². The van der Waals surface area contributed by atoms with Crippen molar-refractivity contribution in [2.24, 2.45) is 0 Å². The molecule has 0 bridgehead atoms. The van der Waals surface area contributed by atoms with Crippen molar-refractivity contribution in [1.82, 2.24) is 4.90 Å². The highest BCUT2D eigenvalue weighted by molar-refractivity contribution is 6.36. The molecule has 0 atom stereocenters. The van der Waals surface area contributed by atoms with E-state index in [0.29, 0.717) is 17.7 Å². The molecule has 3 aromatic rings. The zero-order valence-electron chi connectivity index (χ0n) is 18.3. The van der Waals surface area contributed by atoms with Crippen LogP contribution in [0.5, 0.6) is 0 Å². The van der Waals surface area contributed by atoms with Crippen LogP contribution in [0.4, 0.5) is 20.2 Å². The van der Waals surface area contributed by atoms with Gasteiger partial charge in [-0.1, -0.05) is 42.5 Å². The molecule has 0 spiro atoms. The zero-order valence-corrected chi connectivity index (χ0v) is 18.3. The molecular weight excluding hydrogens is 440 g/mol. The van der Waals surface area contributed by atoms with Crippen LogP contribution in [0.15, 0.2) is 78.5 Å². The number of halogens is 2. The second-order valence-electron chi connectivity index (χ2n) is 7.76. The first-order valence-electron chi connectivity index (χ1n) is 10.6. The van der Waals surface area contributed by atoms with Gasteiger partial charge < -0.3 is 10.6 Å². The summed E-state index contributed by atoms with van der Waals surface area (Å²) in [7, 11) is 0. The quantitative estimate of drug-likeness (QED) is 0.513. The van der Waals surface area contributed by atoms with Crippen LogP contribution in [0.1, 0.15) is 18.1 Å². The Kier molecular flexibility index (Phi) is 6.49. The van der Waals surface area contributed by atoms with E-state index in [1.807, 2.05) is 30.3 Å². The Morgan fingerprint density at radius 2 is 1.53 bits per heavy atom. The lowest BCUT2D eigenvalue weighted by Gasteiger charge is -2.15. The first-order valence-corrected chi connectivity index (χ1v) is 10.6. The maximum atomic E-state index is 13.8. The van der Waals surface area contributed by atoms with E-state index >= 15 is 0 Å². The molecule has 0 radical (unpaired) electrons. The molecule has 4 rings (SSSR count). The maximum Gasteiger partial charge on any atom is 0.278 e. The van der Waals surface area contributed by atoms with Crippen LogP contribution in [0.25, 0.3) is 5.57 Å². The van der Waals surface area contributed by atoms with E-state index < -0.39 is 23.4 Å². The molecule has 0 saturated heterocycles. The molecule has 34 heavy (non-hydrogen) atoms. The van der Waals surface area contributed by atoms with E-state index in [4.69, 9.17) is 0 Å². The maximum absolute atomic E-state index is 13.8. The third-order valence-electron chi connectivity index (χ3n) is 5.32. The molecule has 0 aliphatic carbocycles. The number of hydrogen-bond donors (Lipinski definition) is 2. The molecule has 1 heterocycles. The number of anilines is 2. The number of rotatable bonds is 7. The van der Waals surface area contributed by atoms with Gasteiger partial charge in [0.2, 0.25) is 5.91 Å². The highest BCUT2D eigenvalue weighted by Crippen LogP contribution is 2.31. The van der Waals surface area contributed by atoms with Gasteiger partial charge in [0, 0.05) is 30.9 Å². The highest BCUT2D eigenvalue weighted by Gasteiger charge is 2.39. The standard InChI is InChI=1S/C26H21F2N3O3/c1-16(32)29-19-9-7-18(8-10-19)23-24(30-20-11-12-21(27)22(28)15-20)26(34)31(25(23)33)14-13-17-5-3-2-4-6-17/h2-12,15,30H,13-14H2,1H3,(H,29,32). The number of nitrogens with one attached hydrogen (secondary N) is 2. The summed E-state index contributed by atoms with van der Waals surface area (Å²) >= 11 is 0. The van der Waals surface area contributed by atoms with E-state index in [9.17, 15) is 23.2 Å². The summed E-state index contributed by atoms with van der Waals surface area (Å²) in [4.78, 5) is 39.0. The average molecular weight is 461 g/mol. The summed E-state index contributed by atoms with van der Waals surface area (Å²) in [5, 5.41) is 5.45. The van der Waals surface area contributed by atoms with Gasteiger partial charge in [0.1, 0.15) is 5.70 Å². The molecule has 1 aliphatic heterocycles. The molecule has 1 aliphatic rings. The number of benzene rings is 3. The second-order valence-corrected chi connectivity index (χ2v) is 7.76. The number of hydrogen-bond acceptors (Lipinski definition) is 4. The molecule has 0 fully saturated rings. The fraction of sp³-hybridized carbons (Fsp3) is 0.115. The molecule has 172 valence electrons. The van der Waals surface area contributed by atoms with E-state index in [1.54, 1.807) is 24.3 Å². The van der Waals surface area contributed by atoms with Gasteiger partial charge in [0.15, 0.2) is 11.6 Å². The van der Waals surface area contributed by atoms with Crippen molar-refractivity contribution in [1.29, 1.82) is 0 Å². The number of carbonyl (C=O) groups is 3. The Hall–Kier alpha value is -4.33. The predicted octanol–water partition coefficient (Wildman–Crippen LogP) is 4.36. The van der Waals surface area contributed by atoms with Gasteiger partial charge in [-0.05, 0) is 41.8 Å². The Labute approximate surface area is 194 Å². The molecule has 8 heteroatoms. The summed E-state index contributed by atoms with van der Waals surface area (Å²) in [6.07, 6.45) is 0.464. The van der Waals surface area contributed by atoms with Crippen LogP contribution >= 0.6 is 0 Å². The van der Waals surface area contributed by atoms with Crippen LogP contribution < -0.4 is 10.6 Å². The normalized spacial score (nSPS) is 13.4. The number of amides is 3. The molecule has 2 N–H and O–H groups in total. The van der Waals surface area contributed by atoms with Gasteiger partial charge in [-0.3, -0.25) is 19.3 Å². The number of carbonyl (C=O) groups excluding carboxylic acids is 3. The summed E-state index contributed by atoms with van der Waals surface area (Å²) in [6.45, 7) is 1.53. The minimum absolute atomic E-state index is 0.0312. The first-order chi connectivity index (χ1) is 16.3. The van der Waals surface area contributed by atoms with Gasteiger partial charge in [-0.25, -0.2) is 8.78 Å². The number of imide groups is 1. The summed E-state index contributed by atoms with van der Waals surface area (Å²) in [5.74, 6) is -3.41. The lowest BCUT2D eigenvalue weighted by Crippen LogP contribution is -2.34. The Balaban J connectivity index is 1.67. The molecule has 3 amide bonds. The van der Waals surface area contributed by atoms with Crippen molar-refractivity contribution < 1.29 is 23.2 Å². The van der Waals surface area contributed by atoms with Crippen molar-refractivity contribution in [2.75, 3.05) is 17.2 Å². The third-order valence-corrected chi connectivity index (χ3v) is 5.32. The lowest BCUT2D eigenvalue weighted by molar-refractivity contribution is -0.136. The third kappa shape index (κ3) is 4.85. The first kappa shape index (κ1) is 22.8. The monoisotopic (exact) mass is 461 g/mol. The molecular formula is C26H21F2N3O3. The van der Waals surface area contributed by atoms with Crippen molar-refractivity contribution in [3.63, 3.8) is 0 Å². The SMILES string of the molecule is CC(=O)Nc1ccc(C2=C(Nc3ccc(F)c(F)c3)C(=O)N(CCc3ccccc3)C2=O)cc1. The van der Waals surface area contributed by atoms with E-state index in [2.05, 4.69) is 10.6 Å². The van der Waals surface area contributed by atoms with Crippen molar-refractivity contribution in [3.05, 3.63) is 101 Å². The van der Waals surface area contributed by atoms with Crippen molar-refractivity contribution >= 4 is 34.7 Å². The Bertz CT molecular complexity index is 1290. The van der Waals surface area contributed by atoms with Crippen LogP contribution in [0.2, 0.25) is 0 Å². The largest absolute Gasteiger partial charge is 0.350 e. The fourth-order valence-corrected chi connectivity index (χ4v) is 3.69. The minimum atomic E-state index is -1.08. The molecule has 0 unspecified atom stereocenters. The van der Waals surface area contributed by atoms with Crippen molar-refractivity contribution in [2.45, 2.75) is 13.3 Å². The van der Waals surface area contributed by atoms with E-state index in [0.717, 1.165) is 22.6 Å². The van der Waals surface area contributed by atoms with Crippen LogP contribution in [-0.2, 0) is 20.8 Å². The Morgan fingerprint density at radius 3 is 2.18 bits per heavy atom. The van der Waals surface area contributed by atoms with E-state index in [1.165, 1.54) is 13.0 Å². The lowest BCUT2D eigenvalue weighted by atomic mass is 10.0. The predicted molar refractivity (Wildman–Crippen MR) is 125 cm³/mol. The Morgan fingerprint density at radius 1 is 0.853 bits per heavy atom. The second kappa shape index (κ2) is 9.66. The van der Waals surface area contributed by atoms with Gasteiger partial charge >= 0.3 is 0 Å². The molecule has 3 aromatic carbocycles. The van der Waals surface area contributed by atoms with Crippen LogP contribution in [0, 0.1) is 11.6 Å². The van der Waals surface area contributed by atoms with Gasteiger partial charge in [0.25, 0.3) is 11.8 Å². The highest BCUT2D eigenvalue weighted by atomic mass is 19.2. The molecule has 0 saturated carbocycles. The van der Waals surface area contributed by atoms with Crippen LogP contribution in [-0.4, -0.2) is 29.2 Å². The summed E-state index contributed by atoms with van der Waals surface area (Å²) in [5.41, 5.74) is 2.15. The smallest absolute Gasteiger partial charge is 0.278 e.